The van der Waals surface area contributed by atoms with Crippen molar-refractivity contribution in [3.8, 4) is 11.5 Å². The van der Waals surface area contributed by atoms with Crippen molar-refractivity contribution < 1.29 is 9.84 Å². The van der Waals surface area contributed by atoms with E-state index in [-0.39, 0.29) is 11.2 Å². The Balaban J connectivity index is 1.67. The number of para-hydroxylation sites is 2. The standard InChI is InChI=1S/C23H23NO2/c1-23(2,18-8-4-3-5-9-18)19-12-13-22-17(14-19)15-24(16-26-22)20-10-6-7-11-21(20)25/h3-14,25H,15-16H2,1-2H3. The molecule has 1 aliphatic rings. The average molecular weight is 345 g/mol. The fourth-order valence-corrected chi connectivity index (χ4v) is 3.54. The Kier molecular flexibility index (Phi) is 4.08. The molecule has 0 fully saturated rings. The first-order valence-electron chi connectivity index (χ1n) is 8.90. The molecule has 0 aliphatic carbocycles. The van der Waals surface area contributed by atoms with Crippen LogP contribution in [0.15, 0.2) is 72.8 Å². The summed E-state index contributed by atoms with van der Waals surface area (Å²) in [7, 11) is 0. The Morgan fingerprint density at radius 2 is 1.62 bits per heavy atom. The monoisotopic (exact) mass is 345 g/mol. The number of fused-ring (bicyclic) bond motifs is 1. The van der Waals surface area contributed by atoms with E-state index in [4.69, 9.17) is 4.74 Å². The number of aromatic hydroxyl groups is 1. The lowest BCUT2D eigenvalue weighted by Crippen LogP contribution is -2.32. The van der Waals surface area contributed by atoms with E-state index in [9.17, 15) is 5.11 Å². The van der Waals surface area contributed by atoms with E-state index in [1.165, 1.54) is 11.1 Å². The first kappa shape index (κ1) is 16.5. The molecule has 132 valence electrons. The molecule has 0 aromatic heterocycles. The van der Waals surface area contributed by atoms with Gasteiger partial charge in [-0.25, -0.2) is 0 Å². The highest BCUT2D eigenvalue weighted by molar-refractivity contribution is 5.59. The second-order valence-corrected chi connectivity index (χ2v) is 7.27. The summed E-state index contributed by atoms with van der Waals surface area (Å²) in [5.74, 6) is 1.20. The molecule has 0 radical (unpaired) electrons. The van der Waals surface area contributed by atoms with Crippen LogP contribution in [0.25, 0.3) is 0 Å². The summed E-state index contributed by atoms with van der Waals surface area (Å²) in [4.78, 5) is 2.05. The summed E-state index contributed by atoms with van der Waals surface area (Å²) < 4.78 is 5.93. The molecule has 0 atom stereocenters. The summed E-state index contributed by atoms with van der Waals surface area (Å²) >= 11 is 0. The number of phenolic OH excluding ortho intramolecular Hbond substituents is 1. The van der Waals surface area contributed by atoms with Gasteiger partial charge in [-0.2, -0.15) is 0 Å². The molecule has 0 unspecified atom stereocenters. The molecule has 0 amide bonds. The van der Waals surface area contributed by atoms with Crippen molar-refractivity contribution in [3.63, 3.8) is 0 Å². The molecule has 1 aliphatic heterocycles. The van der Waals surface area contributed by atoms with Gasteiger partial charge in [0.25, 0.3) is 0 Å². The van der Waals surface area contributed by atoms with Crippen LogP contribution in [-0.2, 0) is 12.0 Å². The first-order valence-corrected chi connectivity index (χ1v) is 8.90. The van der Waals surface area contributed by atoms with Gasteiger partial charge in [0.05, 0.1) is 5.69 Å². The molecule has 4 rings (SSSR count). The van der Waals surface area contributed by atoms with Gasteiger partial charge >= 0.3 is 0 Å². The third-order valence-corrected chi connectivity index (χ3v) is 5.24. The van der Waals surface area contributed by atoms with Crippen LogP contribution in [0.2, 0.25) is 0 Å². The SMILES string of the molecule is CC(C)(c1ccccc1)c1ccc2c(c1)CN(c1ccccc1O)CO2. The van der Waals surface area contributed by atoms with Gasteiger partial charge in [-0.05, 0) is 35.4 Å². The Morgan fingerprint density at radius 1 is 0.885 bits per heavy atom. The van der Waals surface area contributed by atoms with E-state index in [0.29, 0.717) is 13.3 Å². The van der Waals surface area contributed by atoms with Crippen LogP contribution in [0.1, 0.15) is 30.5 Å². The van der Waals surface area contributed by atoms with E-state index in [0.717, 1.165) is 17.0 Å². The van der Waals surface area contributed by atoms with Gasteiger partial charge in [-0.15, -0.1) is 0 Å². The molecule has 3 heteroatoms. The van der Waals surface area contributed by atoms with E-state index >= 15 is 0 Å². The zero-order chi connectivity index (χ0) is 18.1. The van der Waals surface area contributed by atoms with Crippen molar-refractivity contribution >= 4 is 5.69 Å². The number of nitrogens with zero attached hydrogens (tertiary/aromatic N) is 1. The third-order valence-electron chi connectivity index (χ3n) is 5.24. The molecule has 0 saturated heterocycles. The van der Waals surface area contributed by atoms with Crippen LogP contribution in [0.3, 0.4) is 0 Å². The first-order chi connectivity index (χ1) is 12.6. The molecular formula is C23H23NO2. The highest BCUT2D eigenvalue weighted by Crippen LogP contribution is 2.37. The van der Waals surface area contributed by atoms with Gasteiger partial charge in [-0.1, -0.05) is 62.4 Å². The van der Waals surface area contributed by atoms with Crippen LogP contribution in [0.5, 0.6) is 11.5 Å². The van der Waals surface area contributed by atoms with Crippen molar-refractivity contribution in [1.82, 2.24) is 0 Å². The third kappa shape index (κ3) is 2.90. The maximum absolute atomic E-state index is 10.1. The summed E-state index contributed by atoms with van der Waals surface area (Å²) in [5, 5.41) is 10.1. The van der Waals surface area contributed by atoms with Crippen LogP contribution >= 0.6 is 0 Å². The lowest BCUT2D eigenvalue weighted by atomic mass is 9.77. The lowest BCUT2D eigenvalue weighted by Gasteiger charge is -2.33. The van der Waals surface area contributed by atoms with Gasteiger partial charge in [0, 0.05) is 17.5 Å². The van der Waals surface area contributed by atoms with Crippen molar-refractivity contribution in [2.24, 2.45) is 0 Å². The second-order valence-electron chi connectivity index (χ2n) is 7.27. The quantitative estimate of drug-likeness (QED) is 0.719. The number of phenols is 1. The maximum atomic E-state index is 10.1. The highest BCUT2D eigenvalue weighted by Gasteiger charge is 2.26. The van der Waals surface area contributed by atoms with Crippen molar-refractivity contribution in [2.45, 2.75) is 25.8 Å². The van der Waals surface area contributed by atoms with Gasteiger partial charge < -0.3 is 14.7 Å². The smallest absolute Gasteiger partial charge is 0.161 e. The Morgan fingerprint density at radius 3 is 2.38 bits per heavy atom. The zero-order valence-electron chi connectivity index (χ0n) is 15.1. The molecule has 26 heavy (non-hydrogen) atoms. The zero-order valence-corrected chi connectivity index (χ0v) is 15.1. The largest absolute Gasteiger partial charge is 0.506 e. The fraction of sp³-hybridized carbons (Fsp3) is 0.217. The lowest BCUT2D eigenvalue weighted by molar-refractivity contribution is 0.287. The van der Waals surface area contributed by atoms with Gasteiger partial charge in [-0.3, -0.25) is 0 Å². The predicted molar refractivity (Wildman–Crippen MR) is 105 cm³/mol. The number of ether oxygens (including phenoxy) is 1. The summed E-state index contributed by atoms with van der Waals surface area (Å²) in [6.45, 7) is 5.64. The number of anilines is 1. The number of benzene rings is 3. The molecule has 0 saturated carbocycles. The molecule has 3 nitrogen and oxygen atoms in total. The van der Waals surface area contributed by atoms with Crippen LogP contribution in [0, 0.1) is 0 Å². The van der Waals surface area contributed by atoms with E-state index in [1.54, 1.807) is 6.07 Å². The average Bonchev–Trinajstić information content (AvgIpc) is 2.68. The van der Waals surface area contributed by atoms with Gasteiger partial charge in [0.1, 0.15) is 11.5 Å². The maximum Gasteiger partial charge on any atom is 0.161 e. The second kappa shape index (κ2) is 6.41. The minimum absolute atomic E-state index is 0.0898. The van der Waals surface area contributed by atoms with E-state index < -0.39 is 0 Å². The minimum Gasteiger partial charge on any atom is -0.506 e. The normalized spacial score (nSPS) is 13.8. The van der Waals surface area contributed by atoms with Crippen molar-refractivity contribution in [3.05, 3.63) is 89.5 Å². The minimum atomic E-state index is -0.0898. The van der Waals surface area contributed by atoms with Gasteiger partial charge in [0.2, 0.25) is 0 Å². The Labute approximate surface area is 154 Å². The summed E-state index contributed by atoms with van der Waals surface area (Å²) in [5.41, 5.74) is 4.39. The highest BCUT2D eigenvalue weighted by atomic mass is 16.5. The topological polar surface area (TPSA) is 32.7 Å². The summed E-state index contributed by atoms with van der Waals surface area (Å²) in [6, 6.07) is 24.4. The molecule has 3 aromatic carbocycles. The van der Waals surface area contributed by atoms with Crippen molar-refractivity contribution in [1.29, 1.82) is 0 Å². The predicted octanol–water partition coefficient (Wildman–Crippen LogP) is 5.07. The van der Waals surface area contributed by atoms with Crippen LogP contribution in [-0.4, -0.2) is 11.8 Å². The molecular weight excluding hydrogens is 322 g/mol. The molecule has 1 heterocycles. The molecule has 3 aromatic rings. The molecule has 0 spiro atoms. The Bertz CT molecular complexity index is 919. The number of rotatable bonds is 3. The van der Waals surface area contributed by atoms with E-state index in [1.807, 2.05) is 24.3 Å². The summed E-state index contributed by atoms with van der Waals surface area (Å²) in [6.07, 6.45) is 0. The fourth-order valence-electron chi connectivity index (χ4n) is 3.54. The number of hydrogen-bond acceptors (Lipinski definition) is 3. The molecule has 1 N–H and O–H groups in total. The van der Waals surface area contributed by atoms with Crippen LogP contribution < -0.4 is 9.64 Å². The van der Waals surface area contributed by atoms with Crippen molar-refractivity contribution in [2.75, 3.05) is 11.6 Å². The van der Waals surface area contributed by atoms with E-state index in [2.05, 4.69) is 61.2 Å². The molecule has 0 bridgehead atoms. The van der Waals surface area contributed by atoms with Gasteiger partial charge in [0.15, 0.2) is 6.73 Å². The Hall–Kier alpha value is -2.94. The van der Waals surface area contributed by atoms with Crippen LogP contribution in [0.4, 0.5) is 5.69 Å². The number of hydrogen-bond donors (Lipinski definition) is 1.